The first-order valence-electron chi connectivity index (χ1n) is 6.12. The lowest BCUT2D eigenvalue weighted by Crippen LogP contribution is -2.22. The Morgan fingerprint density at radius 1 is 1.19 bits per heavy atom. The molecule has 0 aliphatic rings. The number of nitrogens with two attached hydrogens (primary N) is 1. The second kappa shape index (κ2) is 6.13. The Bertz CT molecular complexity index is 689. The Balaban J connectivity index is 2.43. The summed E-state index contributed by atoms with van der Waals surface area (Å²) in [5.74, 6) is -0.538. The largest absolute Gasteiger partial charge is 0.453 e. The molecule has 2 aromatic rings. The second-order valence-corrected chi connectivity index (χ2v) is 5.55. The van der Waals surface area contributed by atoms with Crippen molar-refractivity contribution in [1.82, 2.24) is 4.90 Å². The average molecular weight is 353 g/mol. The number of anilines is 1. The number of amides is 1. The minimum absolute atomic E-state index is 0.0246. The van der Waals surface area contributed by atoms with Gasteiger partial charge in [0.2, 0.25) is 0 Å². The molecule has 0 bridgehead atoms. The van der Waals surface area contributed by atoms with E-state index in [1.54, 1.807) is 32.3 Å². The van der Waals surface area contributed by atoms with E-state index in [1.165, 1.54) is 23.1 Å². The van der Waals surface area contributed by atoms with Gasteiger partial charge in [0.1, 0.15) is 5.75 Å². The molecule has 0 saturated carbocycles. The predicted octanol–water partition coefficient (Wildman–Crippen LogP) is 3.66. The van der Waals surface area contributed by atoms with E-state index in [1.807, 2.05) is 0 Å². The summed E-state index contributed by atoms with van der Waals surface area (Å²) < 4.78 is 20.0. The maximum atomic E-state index is 13.8. The van der Waals surface area contributed by atoms with Gasteiger partial charge in [-0.05, 0) is 30.3 Å². The molecule has 1 amide bonds. The van der Waals surface area contributed by atoms with Crippen molar-refractivity contribution in [3.63, 3.8) is 0 Å². The number of rotatable bonds is 3. The predicted molar refractivity (Wildman–Crippen MR) is 83.0 cm³/mol. The molecular formula is C15H14BrFN2O2. The van der Waals surface area contributed by atoms with E-state index in [0.29, 0.717) is 15.7 Å². The fourth-order valence-corrected chi connectivity index (χ4v) is 2.05. The normalized spacial score (nSPS) is 10.3. The van der Waals surface area contributed by atoms with Crippen LogP contribution < -0.4 is 10.5 Å². The van der Waals surface area contributed by atoms with Gasteiger partial charge in [-0.2, -0.15) is 0 Å². The van der Waals surface area contributed by atoms with Crippen molar-refractivity contribution in [3.05, 3.63) is 52.3 Å². The van der Waals surface area contributed by atoms with E-state index < -0.39 is 5.82 Å². The van der Waals surface area contributed by atoms with E-state index in [0.717, 1.165) is 0 Å². The number of benzene rings is 2. The third-order valence-corrected chi connectivity index (χ3v) is 3.25. The van der Waals surface area contributed by atoms with Gasteiger partial charge in [-0.25, -0.2) is 4.39 Å². The second-order valence-electron chi connectivity index (χ2n) is 4.63. The molecule has 0 radical (unpaired) electrons. The first-order valence-corrected chi connectivity index (χ1v) is 6.92. The molecule has 2 rings (SSSR count). The van der Waals surface area contributed by atoms with Gasteiger partial charge in [-0.15, -0.1) is 0 Å². The van der Waals surface area contributed by atoms with Crippen molar-refractivity contribution in [1.29, 1.82) is 0 Å². The van der Waals surface area contributed by atoms with Gasteiger partial charge in [-0.1, -0.05) is 15.9 Å². The zero-order valence-electron chi connectivity index (χ0n) is 11.6. The molecule has 110 valence electrons. The van der Waals surface area contributed by atoms with E-state index in [-0.39, 0.29) is 17.4 Å². The van der Waals surface area contributed by atoms with Crippen LogP contribution in [0.2, 0.25) is 0 Å². The highest BCUT2D eigenvalue weighted by Gasteiger charge is 2.16. The summed E-state index contributed by atoms with van der Waals surface area (Å²) in [6, 6.07) is 9.07. The van der Waals surface area contributed by atoms with E-state index in [2.05, 4.69) is 15.9 Å². The zero-order chi connectivity index (χ0) is 15.6. The fraction of sp³-hybridized carbons (Fsp3) is 0.133. The van der Waals surface area contributed by atoms with Crippen LogP contribution in [0.5, 0.6) is 11.5 Å². The lowest BCUT2D eigenvalue weighted by molar-refractivity contribution is 0.0825. The van der Waals surface area contributed by atoms with Gasteiger partial charge in [0.15, 0.2) is 11.6 Å². The molecule has 21 heavy (non-hydrogen) atoms. The maximum Gasteiger partial charge on any atom is 0.257 e. The van der Waals surface area contributed by atoms with Crippen LogP contribution in [0.15, 0.2) is 40.9 Å². The number of carbonyl (C=O) groups is 1. The summed E-state index contributed by atoms with van der Waals surface area (Å²) >= 11 is 3.17. The third kappa shape index (κ3) is 3.52. The maximum absolute atomic E-state index is 13.8. The molecule has 0 fully saturated rings. The molecule has 0 atom stereocenters. The number of carbonyl (C=O) groups excluding carboxylic acids is 1. The number of hydrogen-bond donors (Lipinski definition) is 1. The summed E-state index contributed by atoms with van der Waals surface area (Å²) in [5, 5.41) is 0. The molecule has 2 N–H and O–H groups in total. The minimum Gasteiger partial charge on any atom is -0.453 e. The SMILES string of the molecule is CN(C)C(=O)c1ccc(N)cc1Oc1ccc(Br)cc1F. The Labute approximate surface area is 130 Å². The van der Waals surface area contributed by atoms with Gasteiger partial charge in [0.05, 0.1) is 5.56 Å². The molecule has 2 aromatic carbocycles. The molecular weight excluding hydrogens is 339 g/mol. The molecule has 0 aliphatic carbocycles. The highest BCUT2D eigenvalue weighted by molar-refractivity contribution is 9.10. The number of nitrogen functional groups attached to an aromatic ring is 1. The monoisotopic (exact) mass is 352 g/mol. The van der Waals surface area contributed by atoms with Crippen molar-refractivity contribution in [2.45, 2.75) is 0 Å². The Morgan fingerprint density at radius 2 is 1.90 bits per heavy atom. The van der Waals surface area contributed by atoms with Crippen LogP contribution in [0.3, 0.4) is 0 Å². The molecule has 0 heterocycles. The molecule has 6 heteroatoms. The third-order valence-electron chi connectivity index (χ3n) is 2.76. The fourth-order valence-electron chi connectivity index (χ4n) is 1.72. The molecule has 0 aromatic heterocycles. The van der Waals surface area contributed by atoms with Gasteiger partial charge < -0.3 is 15.4 Å². The summed E-state index contributed by atoms with van der Waals surface area (Å²) in [6.07, 6.45) is 0. The quantitative estimate of drug-likeness (QED) is 0.857. The Kier molecular flexibility index (Phi) is 4.47. The van der Waals surface area contributed by atoms with Crippen LogP contribution in [-0.4, -0.2) is 24.9 Å². The van der Waals surface area contributed by atoms with Crippen LogP contribution >= 0.6 is 15.9 Å². The van der Waals surface area contributed by atoms with Crippen molar-refractivity contribution in [2.24, 2.45) is 0 Å². The summed E-state index contributed by atoms with van der Waals surface area (Å²) in [5.41, 5.74) is 6.46. The number of nitrogens with zero attached hydrogens (tertiary/aromatic N) is 1. The minimum atomic E-state index is -0.532. The van der Waals surface area contributed by atoms with Crippen LogP contribution in [0.1, 0.15) is 10.4 Å². The van der Waals surface area contributed by atoms with Crippen molar-refractivity contribution >= 4 is 27.5 Å². The Morgan fingerprint density at radius 3 is 2.52 bits per heavy atom. The lowest BCUT2D eigenvalue weighted by Gasteiger charge is -2.15. The number of halogens is 2. The molecule has 0 spiro atoms. The molecule has 4 nitrogen and oxygen atoms in total. The summed E-state index contributed by atoms with van der Waals surface area (Å²) in [7, 11) is 3.26. The summed E-state index contributed by atoms with van der Waals surface area (Å²) in [6.45, 7) is 0. The average Bonchev–Trinajstić information content (AvgIpc) is 2.41. The summed E-state index contributed by atoms with van der Waals surface area (Å²) in [4.78, 5) is 13.5. The number of ether oxygens (including phenoxy) is 1. The molecule has 0 saturated heterocycles. The topological polar surface area (TPSA) is 55.6 Å². The van der Waals surface area contributed by atoms with Gasteiger partial charge in [0.25, 0.3) is 5.91 Å². The van der Waals surface area contributed by atoms with Gasteiger partial charge >= 0.3 is 0 Å². The van der Waals surface area contributed by atoms with Crippen LogP contribution in [0.25, 0.3) is 0 Å². The van der Waals surface area contributed by atoms with E-state index >= 15 is 0 Å². The van der Waals surface area contributed by atoms with Crippen LogP contribution in [-0.2, 0) is 0 Å². The van der Waals surface area contributed by atoms with Crippen molar-refractivity contribution < 1.29 is 13.9 Å². The Hall–Kier alpha value is -2.08. The molecule has 0 unspecified atom stereocenters. The zero-order valence-corrected chi connectivity index (χ0v) is 13.1. The smallest absolute Gasteiger partial charge is 0.257 e. The number of hydrogen-bond acceptors (Lipinski definition) is 3. The van der Waals surface area contributed by atoms with Gasteiger partial charge in [-0.3, -0.25) is 4.79 Å². The standard InChI is InChI=1S/C15H14BrFN2O2/c1-19(2)15(20)11-5-4-10(18)8-14(11)21-13-6-3-9(16)7-12(13)17/h3-8H,18H2,1-2H3. The van der Waals surface area contributed by atoms with Crippen LogP contribution in [0.4, 0.5) is 10.1 Å². The van der Waals surface area contributed by atoms with Gasteiger partial charge in [0, 0.05) is 30.3 Å². The van der Waals surface area contributed by atoms with Crippen LogP contribution in [0, 0.1) is 5.82 Å². The first kappa shape index (κ1) is 15.3. The van der Waals surface area contributed by atoms with E-state index in [9.17, 15) is 9.18 Å². The molecule has 0 aliphatic heterocycles. The first-order chi connectivity index (χ1) is 9.88. The van der Waals surface area contributed by atoms with Crippen molar-refractivity contribution in [3.8, 4) is 11.5 Å². The van der Waals surface area contributed by atoms with Crippen molar-refractivity contribution in [2.75, 3.05) is 19.8 Å². The van der Waals surface area contributed by atoms with E-state index in [4.69, 9.17) is 10.5 Å². The lowest BCUT2D eigenvalue weighted by atomic mass is 10.1. The highest BCUT2D eigenvalue weighted by atomic mass is 79.9. The highest BCUT2D eigenvalue weighted by Crippen LogP contribution is 2.31.